The topological polar surface area (TPSA) is 101 Å². The highest BCUT2D eigenvalue weighted by Gasteiger charge is 2.08. The number of nitrogen functional groups attached to an aromatic ring is 1. The van der Waals surface area contributed by atoms with Crippen LogP contribution in [0.15, 0.2) is 36.5 Å². The first-order valence-electron chi connectivity index (χ1n) is 5.93. The predicted octanol–water partition coefficient (Wildman–Crippen LogP) is 1.79. The minimum absolute atomic E-state index is 0.152. The molecule has 21 heavy (non-hydrogen) atoms. The van der Waals surface area contributed by atoms with Crippen LogP contribution < -0.4 is 16.0 Å². The molecule has 0 aliphatic heterocycles. The van der Waals surface area contributed by atoms with Crippen LogP contribution in [0.1, 0.15) is 21.6 Å². The number of hydrogen-bond acceptors (Lipinski definition) is 5. The van der Waals surface area contributed by atoms with E-state index in [0.29, 0.717) is 22.0 Å². The second-order valence-corrected chi connectivity index (χ2v) is 4.43. The van der Waals surface area contributed by atoms with Gasteiger partial charge in [-0.25, -0.2) is 5.84 Å². The van der Waals surface area contributed by atoms with E-state index < -0.39 is 5.91 Å². The smallest absolute Gasteiger partial charge is 0.266 e. The number of carbonyl (C=O) groups is 1. The Morgan fingerprint density at radius 1 is 1.43 bits per heavy atom. The second-order valence-electron chi connectivity index (χ2n) is 4.03. The van der Waals surface area contributed by atoms with Crippen LogP contribution in [0.5, 0.6) is 5.75 Å². The molecule has 1 aromatic carbocycles. The minimum atomic E-state index is -0.420. The third-order valence-electron chi connectivity index (χ3n) is 2.68. The molecule has 6 nitrogen and oxygen atoms in total. The summed E-state index contributed by atoms with van der Waals surface area (Å²) in [5.41, 5.74) is 3.25. The molecule has 2 aromatic rings. The van der Waals surface area contributed by atoms with Gasteiger partial charge in [-0.1, -0.05) is 17.7 Å². The molecule has 2 rings (SSSR count). The van der Waals surface area contributed by atoms with E-state index in [9.17, 15) is 4.79 Å². The summed E-state index contributed by atoms with van der Waals surface area (Å²) in [4.78, 5) is 15.4. The summed E-state index contributed by atoms with van der Waals surface area (Å²) in [6, 6.07) is 10.2. The second kappa shape index (κ2) is 6.70. The summed E-state index contributed by atoms with van der Waals surface area (Å²) >= 11 is 5.91. The zero-order valence-electron chi connectivity index (χ0n) is 10.8. The monoisotopic (exact) mass is 302 g/mol. The summed E-state index contributed by atoms with van der Waals surface area (Å²) in [7, 11) is 0. The molecule has 0 saturated heterocycles. The first-order valence-corrected chi connectivity index (χ1v) is 6.30. The predicted molar refractivity (Wildman–Crippen MR) is 76.4 cm³/mol. The average Bonchev–Trinajstić information content (AvgIpc) is 2.52. The number of hydrazine groups is 1. The van der Waals surface area contributed by atoms with Crippen molar-refractivity contribution in [2.24, 2.45) is 5.84 Å². The Hall–Kier alpha value is -2.62. The molecule has 0 unspecified atom stereocenters. The van der Waals surface area contributed by atoms with Gasteiger partial charge >= 0.3 is 0 Å². The number of pyridine rings is 1. The molecule has 7 heteroatoms. The van der Waals surface area contributed by atoms with E-state index in [-0.39, 0.29) is 12.2 Å². The molecule has 0 bridgehead atoms. The highest BCUT2D eigenvalue weighted by Crippen LogP contribution is 2.25. The number of rotatable bonds is 4. The normalized spacial score (nSPS) is 9.76. The van der Waals surface area contributed by atoms with Crippen molar-refractivity contribution in [1.82, 2.24) is 10.4 Å². The van der Waals surface area contributed by atoms with E-state index in [1.54, 1.807) is 30.3 Å². The largest absolute Gasteiger partial charge is 0.486 e. The quantitative estimate of drug-likeness (QED) is 0.509. The molecule has 0 atom stereocenters. The van der Waals surface area contributed by atoms with Gasteiger partial charge in [0.15, 0.2) is 0 Å². The Morgan fingerprint density at radius 3 is 2.86 bits per heavy atom. The highest BCUT2D eigenvalue weighted by molar-refractivity contribution is 6.31. The maximum absolute atomic E-state index is 11.3. The van der Waals surface area contributed by atoms with Crippen LogP contribution in [-0.4, -0.2) is 10.9 Å². The van der Waals surface area contributed by atoms with Gasteiger partial charge in [-0.15, -0.1) is 0 Å². The van der Waals surface area contributed by atoms with Crippen LogP contribution in [0.3, 0.4) is 0 Å². The summed E-state index contributed by atoms with van der Waals surface area (Å²) in [6.45, 7) is 0.152. The number of benzene rings is 1. The zero-order chi connectivity index (χ0) is 15.2. The molecule has 0 spiro atoms. The number of nitrogens with one attached hydrogen (secondary N) is 1. The number of carbonyl (C=O) groups excluding carboxylic acids is 1. The van der Waals surface area contributed by atoms with Crippen molar-refractivity contribution < 1.29 is 9.53 Å². The van der Waals surface area contributed by atoms with Crippen molar-refractivity contribution in [1.29, 1.82) is 5.26 Å². The van der Waals surface area contributed by atoms with Gasteiger partial charge in [-0.05, 0) is 24.3 Å². The van der Waals surface area contributed by atoms with E-state index >= 15 is 0 Å². The van der Waals surface area contributed by atoms with Gasteiger partial charge in [-0.2, -0.15) is 5.26 Å². The van der Waals surface area contributed by atoms with E-state index in [2.05, 4.69) is 4.98 Å². The molecule has 0 radical (unpaired) electrons. The fourth-order valence-corrected chi connectivity index (χ4v) is 1.82. The lowest BCUT2D eigenvalue weighted by Crippen LogP contribution is -2.30. The molecular formula is C14H11ClN4O2. The lowest BCUT2D eigenvalue weighted by atomic mass is 10.2. The van der Waals surface area contributed by atoms with Crippen LogP contribution in [-0.2, 0) is 6.61 Å². The standard InChI is InChI=1S/C14H11ClN4O2/c15-12-2-1-3-13(11(12)6-16)21-8-10-5-4-9(7-18-10)14(20)19-17/h1-5,7H,8,17H2,(H,19,20). The van der Waals surface area contributed by atoms with Crippen LogP contribution in [0.4, 0.5) is 0 Å². The van der Waals surface area contributed by atoms with Crippen molar-refractivity contribution >= 4 is 17.5 Å². The van der Waals surface area contributed by atoms with Crippen molar-refractivity contribution in [2.75, 3.05) is 0 Å². The molecule has 1 heterocycles. The Kier molecular flexibility index (Phi) is 4.72. The Balaban J connectivity index is 2.09. The van der Waals surface area contributed by atoms with Crippen molar-refractivity contribution in [2.45, 2.75) is 6.61 Å². The molecule has 3 N–H and O–H groups in total. The first kappa shape index (κ1) is 14.8. The van der Waals surface area contributed by atoms with E-state index in [1.807, 2.05) is 11.5 Å². The summed E-state index contributed by atoms with van der Waals surface area (Å²) < 4.78 is 5.53. The van der Waals surface area contributed by atoms with Crippen molar-refractivity contribution in [3.05, 3.63) is 58.4 Å². The number of amides is 1. The van der Waals surface area contributed by atoms with Gasteiger partial charge in [0.05, 0.1) is 16.3 Å². The van der Waals surface area contributed by atoms with E-state index in [0.717, 1.165) is 0 Å². The molecule has 0 aliphatic carbocycles. The van der Waals surface area contributed by atoms with E-state index in [1.165, 1.54) is 6.20 Å². The molecule has 0 aliphatic rings. The third-order valence-corrected chi connectivity index (χ3v) is 3.00. The van der Waals surface area contributed by atoms with Gasteiger partial charge in [0.2, 0.25) is 0 Å². The Bertz CT molecular complexity index is 695. The lowest BCUT2D eigenvalue weighted by molar-refractivity contribution is 0.0953. The number of nitrogens with zero attached hydrogens (tertiary/aromatic N) is 2. The zero-order valence-corrected chi connectivity index (χ0v) is 11.6. The summed E-state index contributed by atoms with van der Waals surface area (Å²) in [5, 5.41) is 9.37. The fraction of sp³-hybridized carbons (Fsp3) is 0.0714. The minimum Gasteiger partial charge on any atom is -0.486 e. The van der Waals surface area contributed by atoms with Crippen LogP contribution in [0, 0.1) is 11.3 Å². The number of nitriles is 1. The maximum atomic E-state index is 11.3. The SMILES string of the molecule is N#Cc1c(Cl)cccc1OCc1ccc(C(=O)NN)cn1. The third kappa shape index (κ3) is 3.48. The Labute approximate surface area is 126 Å². The van der Waals surface area contributed by atoms with Gasteiger partial charge in [-0.3, -0.25) is 15.2 Å². The summed E-state index contributed by atoms with van der Waals surface area (Å²) in [6.07, 6.45) is 1.39. The van der Waals surface area contributed by atoms with Gasteiger partial charge in [0, 0.05) is 6.20 Å². The number of nitrogens with two attached hydrogens (primary N) is 1. The lowest BCUT2D eigenvalue weighted by Gasteiger charge is -2.08. The van der Waals surface area contributed by atoms with Crippen LogP contribution >= 0.6 is 11.6 Å². The summed E-state index contributed by atoms with van der Waals surface area (Å²) in [5.74, 6) is 4.99. The number of hydrogen-bond donors (Lipinski definition) is 2. The van der Waals surface area contributed by atoms with Crippen molar-refractivity contribution in [3.63, 3.8) is 0 Å². The Morgan fingerprint density at radius 2 is 2.24 bits per heavy atom. The highest BCUT2D eigenvalue weighted by atomic mass is 35.5. The van der Waals surface area contributed by atoms with Crippen LogP contribution in [0.25, 0.3) is 0 Å². The van der Waals surface area contributed by atoms with Crippen molar-refractivity contribution in [3.8, 4) is 11.8 Å². The van der Waals surface area contributed by atoms with Gasteiger partial charge in [0.25, 0.3) is 5.91 Å². The van der Waals surface area contributed by atoms with E-state index in [4.69, 9.17) is 27.4 Å². The van der Waals surface area contributed by atoms with Crippen LogP contribution in [0.2, 0.25) is 5.02 Å². The molecule has 1 amide bonds. The molecule has 0 saturated carbocycles. The van der Waals surface area contributed by atoms with Gasteiger partial charge < -0.3 is 4.74 Å². The average molecular weight is 303 g/mol. The number of ether oxygens (including phenoxy) is 1. The molecular weight excluding hydrogens is 292 g/mol. The maximum Gasteiger partial charge on any atom is 0.266 e. The molecule has 106 valence electrons. The molecule has 0 fully saturated rings. The fourth-order valence-electron chi connectivity index (χ4n) is 1.61. The first-order chi connectivity index (χ1) is 10.2. The molecule has 1 aromatic heterocycles. The number of halogens is 1. The number of aromatic nitrogens is 1. The van der Waals surface area contributed by atoms with Gasteiger partial charge in [0.1, 0.15) is 24.0 Å².